The van der Waals surface area contributed by atoms with Crippen LogP contribution in [-0.4, -0.2) is 36.9 Å². The Morgan fingerprint density at radius 1 is 1.06 bits per heavy atom. The molecule has 1 aromatic carbocycles. The smallest absolute Gasteiger partial charge is 0.242 e. The van der Waals surface area contributed by atoms with E-state index in [0.717, 1.165) is 27.8 Å². The van der Waals surface area contributed by atoms with Crippen molar-refractivity contribution < 1.29 is 9.18 Å². The number of H-pyrrole nitrogens is 2. The van der Waals surface area contributed by atoms with Gasteiger partial charge in [-0.25, -0.2) is 14.4 Å². The third-order valence-corrected chi connectivity index (χ3v) is 5.33. The van der Waals surface area contributed by atoms with E-state index in [1.807, 2.05) is 18.2 Å². The van der Waals surface area contributed by atoms with Gasteiger partial charge in [0.15, 0.2) is 0 Å². The van der Waals surface area contributed by atoms with Gasteiger partial charge >= 0.3 is 0 Å². The van der Waals surface area contributed by atoms with E-state index >= 15 is 0 Å². The van der Waals surface area contributed by atoms with Crippen molar-refractivity contribution in [3.8, 4) is 22.4 Å². The number of pyridine rings is 2. The maximum atomic E-state index is 13.5. The molecule has 9 heteroatoms. The van der Waals surface area contributed by atoms with E-state index in [9.17, 15) is 9.18 Å². The summed E-state index contributed by atoms with van der Waals surface area (Å²) in [5, 5.41) is 3.63. The number of amides is 1. The van der Waals surface area contributed by atoms with Gasteiger partial charge in [-0.3, -0.25) is 9.78 Å². The van der Waals surface area contributed by atoms with Crippen LogP contribution in [0.2, 0.25) is 0 Å². The minimum Gasteiger partial charge on any atom is -0.351 e. The van der Waals surface area contributed by atoms with Crippen LogP contribution in [0.5, 0.6) is 0 Å². The first-order valence-electron chi connectivity index (χ1n) is 10.3. The molecule has 0 bridgehead atoms. The second kappa shape index (κ2) is 8.64. The molecule has 33 heavy (non-hydrogen) atoms. The highest BCUT2D eigenvalue weighted by Crippen LogP contribution is 2.38. The fraction of sp³-hybridized carbons (Fsp3) is 0.0833. The van der Waals surface area contributed by atoms with Gasteiger partial charge in [-0.1, -0.05) is 0 Å². The molecular formula is C24H20FN7O. The molecule has 0 aliphatic rings. The van der Waals surface area contributed by atoms with E-state index in [2.05, 4.69) is 30.2 Å². The standard InChI is InChI=1S/C24H20FN7O/c25-16-3-1-15(2-4-16)22-21(14-7-9-27-10-8-14)18-5-6-20(30-23(18)32-22)31-24(33)19(26)11-17-12-28-13-29-17/h1-10,12-13,19H,11,26H2,(H,28,29)(H2,30,31,32,33)/t19-/m0/s1. The van der Waals surface area contributed by atoms with Crippen LogP contribution in [0, 0.1) is 5.82 Å². The van der Waals surface area contributed by atoms with Crippen LogP contribution in [0.3, 0.4) is 0 Å². The second-order valence-electron chi connectivity index (χ2n) is 7.57. The lowest BCUT2D eigenvalue weighted by molar-refractivity contribution is -0.117. The van der Waals surface area contributed by atoms with Crippen LogP contribution in [-0.2, 0) is 11.2 Å². The fourth-order valence-electron chi connectivity index (χ4n) is 3.73. The highest BCUT2D eigenvalue weighted by atomic mass is 19.1. The molecule has 164 valence electrons. The zero-order chi connectivity index (χ0) is 22.8. The number of nitrogens with two attached hydrogens (primary N) is 1. The molecule has 8 nitrogen and oxygen atoms in total. The average Bonchev–Trinajstić information content (AvgIpc) is 3.47. The summed E-state index contributed by atoms with van der Waals surface area (Å²) in [6.45, 7) is 0. The zero-order valence-electron chi connectivity index (χ0n) is 17.4. The first-order valence-corrected chi connectivity index (χ1v) is 10.3. The topological polar surface area (TPSA) is 125 Å². The van der Waals surface area contributed by atoms with Crippen molar-refractivity contribution in [1.29, 1.82) is 0 Å². The Kier molecular flexibility index (Phi) is 5.37. The van der Waals surface area contributed by atoms with Crippen molar-refractivity contribution in [1.82, 2.24) is 24.9 Å². The highest BCUT2D eigenvalue weighted by molar-refractivity contribution is 6.03. The fourth-order valence-corrected chi connectivity index (χ4v) is 3.73. The summed E-state index contributed by atoms with van der Waals surface area (Å²) < 4.78 is 13.5. The first kappa shape index (κ1) is 20.5. The second-order valence-corrected chi connectivity index (χ2v) is 7.57. The third-order valence-electron chi connectivity index (χ3n) is 5.33. The number of aromatic amines is 2. The van der Waals surface area contributed by atoms with E-state index in [1.54, 1.807) is 43.1 Å². The summed E-state index contributed by atoms with van der Waals surface area (Å²) >= 11 is 0. The zero-order valence-corrected chi connectivity index (χ0v) is 17.4. The number of benzene rings is 1. The molecular weight excluding hydrogens is 421 g/mol. The van der Waals surface area contributed by atoms with Crippen LogP contribution in [0.1, 0.15) is 5.69 Å². The van der Waals surface area contributed by atoms with Crippen molar-refractivity contribution in [2.24, 2.45) is 5.73 Å². The van der Waals surface area contributed by atoms with E-state index in [-0.39, 0.29) is 11.7 Å². The molecule has 0 aliphatic carbocycles. The van der Waals surface area contributed by atoms with Crippen molar-refractivity contribution >= 4 is 22.8 Å². The van der Waals surface area contributed by atoms with Gasteiger partial charge in [0.25, 0.3) is 0 Å². The van der Waals surface area contributed by atoms with Crippen molar-refractivity contribution in [3.63, 3.8) is 0 Å². The highest BCUT2D eigenvalue weighted by Gasteiger charge is 2.19. The first-order chi connectivity index (χ1) is 16.1. The molecule has 5 aromatic rings. The van der Waals surface area contributed by atoms with Gasteiger partial charge in [0.05, 0.1) is 23.8 Å². The third kappa shape index (κ3) is 4.21. The summed E-state index contributed by atoms with van der Waals surface area (Å²) in [7, 11) is 0. The van der Waals surface area contributed by atoms with Crippen LogP contribution in [0.25, 0.3) is 33.4 Å². The Hall–Kier alpha value is -4.37. The SMILES string of the molecule is N[C@@H](Cc1c[nH]cn1)C(=O)Nc1ccc2c(-c3ccncc3)c(-c3ccc(F)cc3)[nH]c2n1. The Labute approximate surface area is 188 Å². The van der Waals surface area contributed by atoms with Crippen molar-refractivity contribution in [3.05, 3.63) is 85.0 Å². The lowest BCUT2D eigenvalue weighted by Gasteiger charge is -2.10. The number of fused-ring (bicyclic) bond motifs is 1. The molecule has 0 saturated carbocycles. The molecule has 1 atom stereocenters. The van der Waals surface area contributed by atoms with Crippen LogP contribution in [0.15, 0.2) is 73.4 Å². The molecule has 1 amide bonds. The van der Waals surface area contributed by atoms with Gasteiger partial charge in [-0.15, -0.1) is 0 Å². The lowest BCUT2D eigenvalue weighted by Crippen LogP contribution is -2.37. The number of carbonyl (C=O) groups is 1. The number of imidazole rings is 1. The van der Waals surface area contributed by atoms with E-state index in [0.29, 0.717) is 23.6 Å². The molecule has 4 aromatic heterocycles. The minimum atomic E-state index is -0.767. The number of aromatic nitrogens is 5. The van der Waals surface area contributed by atoms with Crippen LogP contribution >= 0.6 is 0 Å². The summed E-state index contributed by atoms with van der Waals surface area (Å²) in [5.74, 6) is -0.294. The molecule has 5 rings (SSSR count). The Morgan fingerprint density at radius 2 is 1.85 bits per heavy atom. The van der Waals surface area contributed by atoms with Gasteiger partial charge in [0.2, 0.25) is 5.91 Å². The summed E-state index contributed by atoms with van der Waals surface area (Å²) in [5.41, 5.74) is 10.8. The number of anilines is 1. The molecule has 0 spiro atoms. The Morgan fingerprint density at radius 3 is 2.58 bits per heavy atom. The maximum absolute atomic E-state index is 13.5. The van der Waals surface area contributed by atoms with Gasteiger partial charge in [-0.2, -0.15) is 0 Å². The number of carbonyl (C=O) groups excluding carboxylic acids is 1. The lowest BCUT2D eigenvalue weighted by atomic mass is 10.00. The number of nitrogens with one attached hydrogen (secondary N) is 3. The molecule has 4 heterocycles. The summed E-state index contributed by atoms with van der Waals surface area (Å²) in [4.78, 5) is 31.5. The predicted octanol–water partition coefficient (Wildman–Crippen LogP) is 3.66. The van der Waals surface area contributed by atoms with Crippen LogP contribution < -0.4 is 11.1 Å². The predicted molar refractivity (Wildman–Crippen MR) is 124 cm³/mol. The monoisotopic (exact) mass is 441 g/mol. The van der Waals surface area contributed by atoms with E-state index < -0.39 is 6.04 Å². The molecule has 0 aliphatic heterocycles. The van der Waals surface area contributed by atoms with Crippen LogP contribution in [0.4, 0.5) is 10.2 Å². The molecule has 0 fully saturated rings. The quantitative estimate of drug-likeness (QED) is 0.320. The largest absolute Gasteiger partial charge is 0.351 e. The molecule has 0 radical (unpaired) electrons. The van der Waals surface area contributed by atoms with E-state index in [4.69, 9.17) is 5.73 Å². The molecule has 0 unspecified atom stereocenters. The van der Waals surface area contributed by atoms with Crippen molar-refractivity contribution in [2.75, 3.05) is 5.32 Å². The Bertz CT molecular complexity index is 1400. The minimum absolute atomic E-state index is 0.307. The average molecular weight is 441 g/mol. The number of rotatable bonds is 6. The summed E-state index contributed by atoms with van der Waals surface area (Å²) in [6.07, 6.45) is 6.98. The normalized spacial score (nSPS) is 12.1. The number of hydrogen-bond donors (Lipinski definition) is 4. The molecule has 0 saturated heterocycles. The summed E-state index contributed by atoms with van der Waals surface area (Å²) in [6, 6.07) is 12.9. The number of hydrogen-bond acceptors (Lipinski definition) is 5. The Balaban J connectivity index is 1.50. The number of halogens is 1. The number of nitrogens with zero attached hydrogens (tertiary/aromatic N) is 3. The maximum Gasteiger partial charge on any atom is 0.242 e. The molecule has 5 N–H and O–H groups in total. The van der Waals surface area contributed by atoms with Gasteiger partial charge in [-0.05, 0) is 59.7 Å². The van der Waals surface area contributed by atoms with Gasteiger partial charge in [0, 0.05) is 36.0 Å². The van der Waals surface area contributed by atoms with Gasteiger partial charge < -0.3 is 21.0 Å². The van der Waals surface area contributed by atoms with Crippen molar-refractivity contribution in [2.45, 2.75) is 12.5 Å². The van der Waals surface area contributed by atoms with E-state index in [1.165, 1.54) is 12.1 Å². The van der Waals surface area contributed by atoms with Gasteiger partial charge in [0.1, 0.15) is 17.3 Å².